The van der Waals surface area contributed by atoms with E-state index in [9.17, 15) is 5.11 Å². The maximum Gasteiger partial charge on any atom is 0.0771 e. The summed E-state index contributed by atoms with van der Waals surface area (Å²) in [5.41, 5.74) is -0.492. The highest BCUT2D eigenvalue weighted by Gasteiger charge is 2.74. The minimum absolute atomic E-state index is 0.00646. The van der Waals surface area contributed by atoms with Crippen molar-refractivity contribution in [1.82, 2.24) is 0 Å². The molecule has 0 spiro atoms. The highest BCUT2D eigenvalue weighted by Crippen LogP contribution is 2.68. The minimum atomic E-state index is -0.498. The minimum Gasteiger partial charge on any atom is -0.390 e. The van der Waals surface area contributed by atoms with E-state index in [-0.39, 0.29) is 5.60 Å². The Bertz CT molecular complexity index is 247. The first-order chi connectivity index (χ1) is 6.58. The summed E-state index contributed by atoms with van der Waals surface area (Å²) in [6.45, 7) is 5.69. The predicted octanol–water partition coefficient (Wildman–Crippen LogP) is 2.13. The van der Waals surface area contributed by atoms with Crippen molar-refractivity contribution in [2.24, 2.45) is 11.8 Å². The van der Waals surface area contributed by atoms with Crippen molar-refractivity contribution in [2.45, 2.75) is 43.8 Å². The first-order valence-electron chi connectivity index (χ1n) is 5.47. The second-order valence-corrected chi connectivity index (χ2v) is 4.97. The van der Waals surface area contributed by atoms with Gasteiger partial charge in [0.05, 0.1) is 11.2 Å². The molecule has 80 valence electrons. The average Bonchev–Trinajstić information content (AvgIpc) is 2.73. The number of fused-ring (bicyclic) bond motifs is 1. The molecule has 2 aliphatic carbocycles. The van der Waals surface area contributed by atoms with Gasteiger partial charge in [-0.2, -0.15) is 0 Å². The Morgan fingerprint density at radius 3 is 2.79 bits per heavy atom. The molecule has 1 N–H and O–H groups in total. The molecule has 2 fully saturated rings. The molecular formula is C12H20O2. The third kappa shape index (κ3) is 1.17. The Kier molecular flexibility index (Phi) is 2.24. The van der Waals surface area contributed by atoms with Gasteiger partial charge in [-0.1, -0.05) is 6.08 Å². The molecular weight excluding hydrogens is 176 g/mol. The molecule has 0 aromatic rings. The van der Waals surface area contributed by atoms with E-state index in [0.717, 1.165) is 25.7 Å². The lowest BCUT2D eigenvalue weighted by Gasteiger charge is -2.19. The standard InChI is InChI=1S/C12H20O2/c1-4-5-6-9-10-11(2,13)7-8-12(9,10)14-3/h4,9-10,13H,1,5-8H2,2-3H3/t9-,10+,11-,12-/m0/s1. The number of hydrogen-bond donors (Lipinski definition) is 1. The van der Waals surface area contributed by atoms with Crippen molar-refractivity contribution in [1.29, 1.82) is 0 Å². The summed E-state index contributed by atoms with van der Waals surface area (Å²) in [7, 11) is 1.78. The summed E-state index contributed by atoms with van der Waals surface area (Å²) in [6, 6.07) is 0. The van der Waals surface area contributed by atoms with Gasteiger partial charge in [0.1, 0.15) is 0 Å². The molecule has 0 saturated heterocycles. The number of allylic oxidation sites excluding steroid dienone is 1. The van der Waals surface area contributed by atoms with Gasteiger partial charge in [0.25, 0.3) is 0 Å². The van der Waals surface area contributed by atoms with E-state index in [1.54, 1.807) is 7.11 Å². The van der Waals surface area contributed by atoms with Crippen LogP contribution in [0.1, 0.15) is 32.6 Å². The first kappa shape index (κ1) is 10.2. The van der Waals surface area contributed by atoms with Gasteiger partial charge >= 0.3 is 0 Å². The van der Waals surface area contributed by atoms with Crippen LogP contribution in [0.2, 0.25) is 0 Å². The van der Waals surface area contributed by atoms with E-state index in [2.05, 4.69) is 6.58 Å². The zero-order valence-electron chi connectivity index (χ0n) is 9.12. The van der Waals surface area contributed by atoms with Gasteiger partial charge in [0.15, 0.2) is 0 Å². The Hall–Kier alpha value is -0.340. The molecule has 0 amide bonds. The number of ether oxygens (including phenoxy) is 1. The number of rotatable bonds is 4. The van der Waals surface area contributed by atoms with Crippen LogP contribution in [-0.2, 0) is 4.74 Å². The maximum absolute atomic E-state index is 10.2. The fraction of sp³-hybridized carbons (Fsp3) is 0.833. The zero-order valence-corrected chi connectivity index (χ0v) is 9.12. The molecule has 2 saturated carbocycles. The lowest BCUT2D eigenvalue weighted by atomic mass is 9.95. The summed E-state index contributed by atoms with van der Waals surface area (Å²) in [5, 5.41) is 10.2. The van der Waals surface area contributed by atoms with Crippen molar-refractivity contribution < 1.29 is 9.84 Å². The molecule has 2 aliphatic rings. The molecule has 0 aromatic heterocycles. The van der Waals surface area contributed by atoms with Gasteiger partial charge in [-0.25, -0.2) is 0 Å². The predicted molar refractivity (Wildman–Crippen MR) is 56.0 cm³/mol. The highest BCUT2D eigenvalue weighted by molar-refractivity contribution is 5.24. The first-order valence-corrected chi connectivity index (χ1v) is 5.47. The largest absolute Gasteiger partial charge is 0.390 e. The molecule has 4 atom stereocenters. The SMILES string of the molecule is C=CCC[C@H]1[C@H]2[C@]1(OC)CC[C@]2(C)O. The molecule has 0 aliphatic heterocycles. The summed E-state index contributed by atoms with van der Waals surface area (Å²) in [5.74, 6) is 0.911. The van der Waals surface area contributed by atoms with Crippen LogP contribution in [0.15, 0.2) is 12.7 Å². The normalized spacial score (nSPS) is 50.2. The van der Waals surface area contributed by atoms with Gasteiger partial charge in [0.2, 0.25) is 0 Å². The second-order valence-electron chi connectivity index (χ2n) is 4.97. The fourth-order valence-corrected chi connectivity index (χ4v) is 3.49. The van der Waals surface area contributed by atoms with E-state index < -0.39 is 5.60 Å². The fourth-order valence-electron chi connectivity index (χ4n) is 3.49. The summed E-state index contributed by atoms with van der Waals surface area (Å²) < 4.78 is 5.62. The van der Waals surface area contributed by atoms with Gasteiger partial charge in [-0.15, -0.1) is 6.58 Å². The van der Waals surface area contributed by atoms with Crippen LogP contribution in [0.5, 0.6) is 0 Å². The van der Waals surface area contributed by atoms with E-state index in [4.69, 9.17) is 4.74 Å². The van der Waals surface area contributed by atoms with Crippen molar-refractivity contribution in [3.05, 3.63) is 12.7 Å². The molecule has 0 unspecified atom stereocenters. The van der Waals surface area contributed by atoms with E-state index in [1.807, 2.05) is 13.0 Å². The van der Waals surface area contributed by atoms with Crippen LogP contribution < -0.4 is 0 Å². The van der Waals surface area contributed by atoms with Crippen LogP contribution in [0.25, 0.3) is 0 Å². The zero-order chi connectivity index (χ0) is 10.4. The summed E-state index contributed by atoms with van der Waals surface area (Å²) in [6.07, 6.45) is 5.99. The molecule has 0 heterocycles. The molecule has 0 aromatic carbocycles. The number of aliphatic hydroxyl groups is 1. The van der Waals surface area contributed by atoms with Gasteiger partial charge in [-0.05, 0) is 38.5 Å². The molecule has 2 nitrogen and oxygen atoms in total. The van der Waals surface area contributed by atoms with E-state index in [1.165, 1.54) is 0 Å². The van der Waals surface area contributed by atoms with Crippen LogP contribution in [0.3, 0.4) is 0 Å². The Morgan fingerprint density at radius 1 is 1.57 bits per heavy atom. The van der Waals surface area contributed by atoms with E-state index >= 15 is 0 Å². The van der Waals surface area contributed by atoms with Crippen molar-refractivity contribution in [2.75, 3.05) is 7.11 Å². The van der Waals surface area contributed by atoms with Gasteiger partial charge < -0.3 is 9.84 Å². The number of methoxy groups -OCH3 is 1. The average molecular weight is 196 g/mol. The third-order valence-corrected chi connectivity index (χ3v) is 4.20. The smallest absolute Gasteiger partial charge is 0.0771 e. The summed E-state index contributed by atoms with van der Waals surface area (Å²) >= 11 is 0. The quantitative estimate of drug-likeness (QED) is 0.698. The second kappa shape index (κ2) is 3.07. The molecule has 0 radical (unpaired) electrons. The molecule has 2 heteroatoms. The number of hydrogen-bond acceptors (Lipinski definition) is 2. The van der Waals surface area contributed by atoms with Crippen LogP contribution >= 0.6 is 0 Å². The van der Waals surface area contributed by atoms with Crippen molar-refractivity contribution >= 4 is 0 Å². The topological polar surface area (TPSA) is 29.5 Å². The van der Waals surface area contributed by atoms with Crippen LogP contribution in [-0.4, -0.2) is 23.4 Å². The Morgan fingerprint density at radius 2 is 2.29 bits per heavy atom. The maximum atomic E-state index is 10.2. The lowest BCUT2D eigenvalue weighted by Crippen LogP contribution is -2.25. The van der Waals surface area contributed by atoms with Crippen LogP contribution in [0.4, 0.5) is 0 Å². The highest BCUT2D eigenvalue weighted by atomic mass is 16.5. The molecule has 0 bridgehead atoms. The van der Waals surface area contributed by atoms with Gasteiger partial charge in [-0.3, -0.25) is 0 Å². The lowest BCUT2D eigenvalue weighted by molar-refractivity contribution is 0.0297. The monoisotopic (exact) mass is 196 g/mol. The van der Waals surface area contributed by atoms with Crippen molar-refractivity contribution in [3.8, 4) is 0 Å². The van der Waals surface area contributed by atoms with Crippen LogP contribution in [0, 0.1) is 11.8 Å². The molecule has 14 heavy (non-hydrogen) atoms. The Labute approximate surface area is 86.0 Å². The third-order valence-electron chi connectivity index (χ3n) is 4.20. The Balaban J connectivity index is 2.06. The summed E-state index contributed by atoms with van der Waals surface area (Å²) in [4.78, 5) is 0. The van der Waals surface area contributed by atoms with Crippen molar-refractivity contribution in [3.63, 3.8) is 0 Å². The van der Waals surface area contributed by atoms with E-state index in [0.29, 0.717) is 11.8 Å². The molecule has 2 rings (SSSR count). The van der Waals surface area contributed by atoms with Gasteiger partial charge in [0, 0.05) is 13.0 Å².